The number of nitrogens with zero attached hydrogens (tertiary/aromatic N) is 2. The molecule has 0 aliphatic carbocycles. The van der Waals surface area contributed by atoms with E-state index in [2.05, 4.69) is 15.5 Å². The molecule has 1 heterocycles. The van der Waals surface area contributed by atoms with Crippen molar-refractivity contribution in [2.45, 2.75) is 6.92 Å². The van der Waals surface area contributed by atoms with Crippen molar-refractivity contribution in [1.29, 1.82) is 0 Å². The Morgan fingerprint density at radius 3 is 2.86 bits per heavy atom. The van der Waals surface area contributed by atoms with Crippen LogP contribution in [0.15, 0.2) is 40.8 Å². The summed E-state index contributed by atoms with van der Waals surface area (Å²) in [5, 5.41) is 18.8. The Morgan fingerprint density at radius 1 is 1.32 bits per heavy atom. The van der Waals surface area contributed by atoms with Crippen LogP contribution in [0.25, 0.3) is 10.8 Å². The molecule has 5 nitrogen and oxygen atoms in total. The zero-order valence-electron chi connectivity index (χ0n) is 12.2. The summed E-state index contributed by atoms with van der Waals surface area (Å²) in [6.45, 7) is 1.92. The number of aromatic hydroxyl groups is 1. The highest BCUT2D eigenvalue weighted by atomic mass is 32.1. The van der Waals surface area contributed by atoms with Gasteiger partial charge in [-0.15, -0.1) is 11.3 Å². The molecule has 0 spiro atoms. The standard InChI is InChI=1S/C16H15N3O2S/c1-10-9-22-16(18-10)19-17-8-14-13-7-12(21-2)5-3-11(13)4-6-15(14)20/h3-9,20H,1-2H3,(H,18,19). The zero-order chi connectivity index (χ0) is 15.5. The lowest BCUT2D eigenvalue weighted by Crippen LogP contribution is -1.92. The average Bonchev–Trinajstić information content (AvgIpc) is 2.94. The molecule has 0 bridgehead atoms. The van der Waals surface area contributed by atoms with E-state index in [1.807, 2.05) is 36.6 Å². The van der Waals surface area contributed by atoms with E-state index >= 15 is 0 Å². The first-order valence-electron chi connectivity index (χ1n) is 6.68. The molecular formula is C16H15N3O2S. The van der Waals surface area contributed by atoms with Crippen LogP contribution in [0.1, 0.15) is 11.3 Å². The van der Waals surface area contributed by atoms with Gasteiger partial charge in [0, 0.05) is 10.9 Å². The van der Waals surface area contributed by atoms with Gasteiger partial charge in [0.15, 0.2) is 0 Å². The third-order valence-electron chi connectivity index (χ3n) is 3.22. The largest absolute Gasteiger partial charge is 0.507 e. The van der Waals surface area contributed by atoms with Crippen LogP contribution < -0.4 is 10.2 Å². The lowest BCUT2D eigenvalue weighted by atomic mass is 10.0. The van der Waals surface area contributed by atoms with Gasteiger partial charge in [-0.05, 0) is 35.9 Å². The van der Waals surface area contributed by atoms with Gasteiger partial charge in [-0.2, -0.15) is 5.10 Å². The van der Waals surface area contributed by atoms with Crippen LogP contribution in [0, 0.1) is 6.92 Å². The SMILES string of the molecule is COc1ccc2ccc(O)c(C=NNc3nc(C)cs3)c2c1. The van der Waals surface area contributed by atoms with E-state index < -0.39 is 0 Å². The Balaban J connectivity index is 1.96. The average molecular weight is 313 g/mol. The van der Waals surface area contributed by atoms with E-state index in [0.717, 1.165) is 22.2 Å². The van der Waals surface area contributed by atoms with E-state index in [-0.39, 0.29) is 5.75 Å². The molecule has 0 aliphatic heterocycles. The van der Waals surface area contributed by atoms with Crippen molar-refractivity contribution in [1.82, 2.24) is 4.98 Å². The van der Waals surface area contributed by atoms with E-state index in [0.29, 0.717) is 10.7 Å². The quantitative estimate of drug-likeness (QED) is 0.568. The summed E-state index contributed by atoms with van der Waals surface area (Å²) in [4.78, 5) is 4.27. The van der Waals surface area contributed by atoms with Crippen LogP contribution >= 0.6 is 11.3 Å². The van der Waals surface area contributed by atoms with Gasteiger partial charge in [0.05, 0.1) is 19.0 Å². The number of aryl methyl sites for hydroxylation is 1. The number of methoxy groups -OCH3 is 1. The number of ether oxygens (including phenoxy) is 1. The van der Waals surface area contributed by atoms with Gasteiger partial charge in [-0.3, -0.25) is 5.43 Å². The molecule has 0 saturated heterocycles. The Kier molecular flexibility index (Phi) is 3.93. The lowest BCUT2D eigenvalue weighted by Gasteiger charge is -2.07. The second kappa shape index (κ2) is 6.03. The summed E-state index contributed by atoms with van der Waals surface area (Å²) in [5.41, 5.74) is 4.45. The molecule has 22 heavy (non-hydrogen) atoms. The molecule has 0 radical (unpaired) electrons. The highest BCUT2D eigenvalue weighted by Gasteiger charge is 2.06. The first-order chi connectivity index (χ1) is 10.7. The molecule has 0 atom stereocenters. The maximum absolute atomic E-state index is 10.1. The maximum Gasteiger partial charge on any atom is 0.203 e. The summed E-state index contributed by atoms with van der Waals surface area (Å²) in [7, 11) is 1.62. The van der Waals surface area contributed by atoms with E-state index in [4.69, 9.17) is 4.74 Å². The van der Waals surface area contributed by atoms with Crippen LogP contribution in [-0.2, 0) is 0 Å². The molecule has 3 rings (SSSR count). The van der Waals surface area contributed by atoms with Gasteiger partial charge in [-0.25, -0.2) is 4.98 Å². The number of phenols is 1. The second-order valence-corrected chi connectivity index (χ2v) is 5.61. The van der Waals surface area contributed by atoms with Gasteiger partial charge in [0.25, 0.3) is 0 Å². The summed E-state index contributed by atoms with van der Waals surface area (Å²) >= 11 is 1.48. The molecule has 1 aromatic heterocycles. The number of anilines is 1. The summed E-state index contributed by atoms with van der Waals surface area (Å²) in [6, 6.07) is 9.23. The Hall–Kier alpha value is -2.60. The van der Waals surface area contributed by atoms with Crippen molar-refractivity contribution in [3.05, 3.63) is 47.0 Å². The predicted octanol–water partition coefficient (Wildman–Crippen LogP) is 3.76. The molecule has 0 fully saturated rings. The number of fused-ring (bicyclic) bond motifs is 1. The number of thiazole rings is 1. The Morgan fingerprint density at radius 2 is 2.14 bits per heavy atom. The molecule has 2 aromatic carbocycles. The Labute approximate surface area is 131 Å². The highest BCUT2D eigenvalue weighted by molar-refractivity contribution is 7.13. The van der Waals surface area contributed by atoms with E-state index in [1.165, 1.54) is 11.3 Å². The fraction of sp³-hybridized carbons (Fsp3) is 0.125. The summed E-state index contributed by atoms with van der Waals surface area (Å²) < 4.78 is 5.24. The summed E-state index contributed by atoms with van der Waals surface area (Å²) in [5.74, 6) is 0.901. The van der Waals surface area contributed by atoms with Crippen LogP contribution in [0.3, 0.4) is 0 Å². The van der Waals surface area contributed by atoms with Crippen LogP contribution in [0.5, 0.6) is 11.5 Å². The molecule has 0 saturated carbocycles. The number of hydrazone groups is 1. The lowest BCUT2D eigenvalue weighted by molar-refractivity contribution is 0.415. The molecule has 112 valence electrons. The molecule has 0 aliphatic rings. The van der Waals surface area contributed by atoms with Crippen LogP contribution in [0.4, 0.5) is 5.13 Å². The zero-order valence-corrected chi connectivity index (χ0v) is 13.0. The molecular weight excluding hydrogens is 298 g/mol. The number of phenolic OH excluding ortho intramolecular Hbond substituents is 1. The molecule has 6 heteroatoms. The third kappa shape index (κ3) is 2.87. The van der Waals surface area contributed by atoms with Gasteiger partial charge in [-0.1, -0.05) is 12.1 Å². The number of rotatable bonds is 4. The molecule has 3 aromatic rings. The monoisotopic (exact) mass is 313 g/mol. The van der Waals surface area contributed by atoms with Gasteiger partial charge < -0.3 is 9.84 Å². The van der Waals surface area contributed by atoms with Crippen molar-refractivity contribution in [2.24, 2.45) is 5.10 Å². The van der Waals surface area contributed by atoms with Gasteiger partial charge >= 0.3 is 0 Å². The third-order valence-corrected chi connectivity index (χ3v) is 4.08. The van der Waals surface area contributed by atoms with E-state index in [1.54, 1.807) is 19.4 Å². The van der Waals surface area contributed by atoms with Crippen molar-refractivity contribution < 1.29 is 9.84 Å². The van der Waals surface area contributed by atoms with Crippen molar-refractivity contribution >= 4 is 33.5 Å². The predicted molar refractivity (Wildman–Crippen MR) is 90.2 cm³/mol. The Bertz CT molecular complexity index is 843. The fourth-order valence-corrected chi connectivity index (χ4v) is 2.77. The van der Waals surface area contributed by atoms with Crippen molar-refractivity contribution in [3.63, 3.8) is 0 Å². The minimum atomic E-state index is 0.168. The van der Waals surface area contributed by atoms with Gasteiger partial charge in [0.1, 0.15) is 11.5 Å². The number of nitrogens with one attached hydrogen (secondary N) is 1. The van der Waals surface area contributed by atoms with Gasteiger partial charge in [0.2, 0.25) is 5.13 Å². The van der Waals surface area contributed by atoms with Crippen LogP contribution in [-0.4, -0.2) is 23.4 Å². The number of hydrogen-bond acceptors (Lipinski definition) is 6. The number of aromatic nitrogens is 1. The number of hydrogen-bond donors (Lipinski definition) is 2. The topological polar surface area (TPSA) is 66.7 Å². The minimum Gasteiger partial charge on any atom is -0.507 e. The molecule has 0 unspecified atom stereocenters. The minimum absolute atomic E-state index is 0.168. The van der Waals surface area contributed by atoms with Crippen molar-refractivity contribution in [3.8, 4) is 11.5 Å². The van der Waals surface area contributed by atoms with Crippen LogP contribution in [0.2, 0.25) is 0 Å². The fourth-order valence-electron chi connectivity index (χ4n) is 2.13. The van der Waals surface area contributed by atoms with Crippen molar-refractivity contribution in [2.75, 3.05) is 12.5 Å². The summed E-state index contributed by atoms with van der Waals surface area (Å²) in [6.07, 6.45) is 1.59. The second-order valence-electron chi connectivity index (χ2n) is 4.75. The first kappa shape index (κ1) is 14.3. The number of benzene rings is 2. The smallest absolute Gasteiger partial charge is 0.203 e. The maximum atomic E-state index is 10.1. The molecule has 2 N–H and O–H groups in total. The normalized spacial score (nSPS) is 11.2. The highest BCUT2D eigenvalue weighted by Crippen LogP contribution is 2.29. The van der Waals surface area contributed by atoms with E-state index in [9.17, 15) is 5.11 Å². The first-order valence-corrected chi connectivity index (χ1v) is 7.56. The molecule has 0 amide bonds.